The van der Waals surface area contributed by atoms with E-state index in [-0.39, 0.29) is 40.4 Å². The second-order valence-corrected chi connectivity index (χ2v) is 20.4. The van der Waals surface area contributed by atoms with E-state index < -0.39 is 109 Å². The van der Waals surface area contributed by atoms with Gasteiger partial charge >= 0.3 is 11.9 Å². The predicted octanol–water partition coefficient (Wildman–Crippen LogP) is 1.95. The van der Waals surface area contributed by atoms with Gasteiger partial charge in [0.05, 0.1) is 30.1 Å². The Morgan fingerprint density at radius 1 is 0.702 bits per heavy atom. The summed E-state index contributed by atoms with van der Waals surface area (Å²) in [7, 11) is 0. The summed E-state index contributed by atoms with van der Waals surface area (Å²) in [5.41, 5.74) is -1.90. The van der Waals surface area contributed by atoms with Gasteiger partial charge < -0.3 is 64.9 Å². The summed E-state index contributed by atoms with van der Waals surface area (Å²) in [5, 5.41) is 95.2. The lowest BCUT2D eigenvalue weighted by atomic mass is 9.33. The van der Waals surface area contributed by atoms with E-state index in [1.165, 1.54) is 5.57 Å². The van der Waals surface area contributed by atoms with Gasteiger partial charge in [0.25, 0.3) is 0 Å². The number of carboxylic acid groups (broad SMARTS) is 2. The van der Waals surface area contributed by atoms with Crippen molar-refractivity contribution in [2.24, 2.45) is 50.2 Å². The van der Waals surface area contributed by atoms with Crippen molar-refractivity contribution in [1.82, 2.24) is 0 Å². The molecule has 0 spiro atoms. The Balaban J connectivity index is 1.19. The largest absolute Gasteiger partial charge is 0.481 e. The van der Waals surface area contributed by atoms with Crippen LogP contribution in [0.3, 0.4) is 0 Å². The second-order valence-electron chi connectivity index (χ2n) is 20.4. The van der Waals surface area contributed by atoms with Gasteiger partial charge in [0.1, 0.15) is 48.8 Å². The van der Waals surface area contributed by atoms with Crippen molar-refractivity contribution in [2.75, 3.05) is 13.2 Å². The molecular weight excluding hydrogens is 744 g/mol. The molecule has 5 aliphatic carbocycles. The van der Waals surface area contributed by atoms with Gasteiger partial charge in [-0.2, -0.15) is 0 Å². The Morgan fingerprint density at radius 3 is 1.93 bits per heavy atom. The molecule has 0 unspecified atom stereocenters. The molecule has 7 aliphatic rings. The summed E-state index contributed by atoms with van der Waals surface area (Å²) in [6, 6.07) is 0. The van der Waals surface area contributed by atoms with Crippen LogP contribution in [0.15, 0.2) is 11.6 Å². The number of aliphatic hydroxyl groups excluding tert-OH is 7. The van der Waals surface area contributed by atoms with E-state index in [2.05, 4.69) is 40.7 Å². The maximum Gasteiger partial charge on any atom is 0.312 e. The molecule has 15 heteroatoms. The highest BCUT2D eigenvalue weighted by atomic mass is 16.8. The number of rotatable bonds is 8. The lowest BCUT2D eigenvalue weighted by Gasteiger charge is -2.71. The minimum absolute atomic E-state index is 0.0258. The van der Waals surface area contributed by atoms with Gasteiger partial charge in [0, 0.05) is 0 Å². The molecule has 2 heterocycles. The Morgan fingerprint density at radius 2 is 1.32 bits per heavy atom. The summed E-state index contributed by atoms with van der Waals surface area (Å²) in [4.78, 5) is 26.8. The van der Waals surface area contributed by atoms with Crippen molar-refractivity contribution in [1.29, 1.82) is 0 Å². The monoisotopic (exact) mass is 810 g/mol. The first kappa shape index (κ1) is 43.3. The van der Waals surface area contributed by atoms with Gasteiger partial charge in [-0.1, -0.05) is 46.3 Å². The first-order valence-corrected chi connectivity index (χ1v) is 21.0. The smallest absolute Gasteiger partial charge is 0.312 e. The fraction of sp³-hybridized carbons (Fsp3) is 0.905. The van der Waals surface area contributed by atoms with E-state index in [1.54, 1.807) is 6.92 Å². The fourth-order valence-corrected chi connectivity index (χ4v) is 13.6. The topological polar surface area (TPSA) is 253 Å². The standard InChI is InChI=1S/C42H66O15/c1-37(2)13-15-42(36(52)53)16-14-39(4)20(21(42)17-37)7-8-24-38(3)11-10-26(41(6,35(50)51)25(38)9-12-40(24,39)5)56-34-32(30(48)28(46)23(19-44)55-34)57-33-31(49)29(47)27(45)22(18-43)54-33/h7,21-34,43-49H,8-19H2,1-6H3,(H,50,51)(H,52,53)/t21-,22+,23+,24+,25+,26-,27+,28+,29-,30-,31+,32+,33-,34-,38+,39+,40+,41-,42-/m0/s1. The molecule has 4 saturated carbocycles. The van der Waals surface area contributed by atoms with Crippen LogP contribution >= 0.6 is 0 Å². The number of hydrogen-bond acceptors (Lipinski definition) is 13. The Bertz CT molecular complexity index is 1590. The summed E-state index contributed by atoms with van der Waals surface area (Å²) in [6.07, 6.45) is -8.41. The van der Waals surface area contributed by atoms with E-state index in [9.17, 15) is 55.5 Å². The molecule has 2 aliphatic heterocycles. The Labute approximate surface area is 334 Å². The molecule has 324 valence electrons. The zero-order valence-electron chi connectivity index (χ0n) is 34.1. The molecule has 0 aromatic rings. The molecule has 0 aromatic carbocycles. The van der Waals surface area contributed by atoms with Crippen molar-refractivity contribution < 1.29 is 74.5 Å². The van der Waals surface area contributed by atoms with E-state index in [0.717, 1.165) is 25.7 Å². The van der Waals surface area contributed by atoms with Crippen LogP contribution in [0.4, 0.5) is 0 Å². The number of carbonyl (C=O) groups is 2. The number of carboxylic acids is 2. The Hall–Kier alpha value is -1.76. The van der Waals surface area contributed by atoms with E-state index >= 15 is 0 Å². The van der Waals surface area contributed by atoms with Crippen LogP contribution in [0.2, 0.25) is 0 Å². The maximum atomic E-state index is 13.7. The van der Waals surface area contributed by atoms with E-state index in [4.69, 9.17) is 18.9 Å². The number of allylic oxidation sites excluding steroid dienone is 2. The molecule has 0 bridgehead atoms. The molecule has 0 aromatic heterocycles. The molecule has 2 saturated heterocycles. The average molecular weight is 811 g/mol. The summed E-state index contributed by atoms with van der Waals surface area (Å²) in [5.74, 6) is -2.10. The third kappa shape index (κ3) is 6.30. The minimum Gasteiger partial charge on any atom is -0.481 e. The van der Waals surface area contributed by atoms with Gasteiger partial charge in [-0.15, -0.1) is 0 Å². The van der Waals surface area contributed by atoms with Gasteiger partial charge in [-0.3, -0.25) is 9.59 Å². The molecule has 19 atom stereocenters. The summed E-state index contributed by atoms with van der Waals surface area (Å²) in [6.45, 7) is 11.6. The van der Waals surface area contributed by atoms with Crippen LogP contribution in [-0.2, 0) is 28.5 Å². The van der Waals surface area contributed by atoms with Gasteiger partial charge in [-0.05, 0) is 111 Å². The highest BCUT2D eigenvalue weighted by Gasteiger charge is 2.71. The lowest BCUT2D eigenvalue weighted by Crippen LogP contribution is -2.68. The van der Waals surface area contributed by atoms with Crippen molar-refractivity contribution in [3.63, 3.8) is 0 Å². The van der Waals surface area contributed by atoms with Crippen LogP contribution in [0.25, 0.3) is 0 Å². The predicted molar refractivity (Wildman–Crippen MR) is 200 cm³/mol. The highest BCUT2D eigenvalue weighted by Crippen LogP contribution is 2.76. The number of ether oxygens (including phenoxy) is 4. The van der Waals surface area contributed by atoms with Crippen LogP contribution in [0, 0.1) is 50.2 Å². The molecular formula is C42H66O15. The zero-order chi connectivity index (χ0) is 41.8. The van der Waals surface area contributed by atoms with Crippen LogP contribution in [0.1, 0.15) is 106 Å². The van der Waals surface area contributed by atoms with Gasteiger partial charge in [0.15, 0.2) is 12.6 Å². The first-order valence-electron chi connectivity index (χ1n) is 21.0. The third-order valence-electron chi connectivity index (χ3n) is 17.4. The normalized spacial score (nSPS) is 53.3. The molecule has 9 N–H and O–H groups in total. The summed E-state index contributed by atoms with van der Waals surface area (Å²) >= 11 is 0. The number of aliphatic hydroxyl groups is 7. The van der Waals surface area contributed by atoms with E-state index in [1.807, 2.05) is 0 Å². The van der Waals surface area contributed by atoms with Gasteiger partial charge in [0.2, 0.25) is 0 Å². The highest BCUT2D eigenvalue weighted by molar-refractivity contribution is 5.77. The van der Waals surface area contributed by atoms with Crippen LogP contribution in [-0.4, -0.2) is 139 Å². The second kappa shape index (κ2) is 14.7. The molecule has 6 fully saturated rings. The lowest BCUT2D eigenvalue weighted by molar-refractivity contribution is -0.378. The van der Waals surface area contributed by atoms with Crippen LogP contribution in [0.5, 0.6) is 0 Å². The van der Waals surface area contributed by atoms with Crippen molar-refractivity contribution in [3.8, 4) is 0 Å². The van der Waals surface area contributed by atoms with Crippen LogP contribution < -0.4 is 0 Å². The van der Waals surface area contributed by atoms with Gasteiger partial charge in [-0.25, -0.2) is 0 Å². The maximum absolute atomic E-state index is 13.7. The quantitative estimate of drug-likeness (QED) is 0.126. The molecule has 0 amide bonds. The number of hydrogen-bond donors (Lipinski definition) is 9. The third-order valence-corrected chi connectivity index (χ3v) is 17.4. The number of fused-ring (bicyclic) bond motifs is 7. The number of aliphatic carboxylic acids is 2. The molecule has 15 nitrogen and oxygen atoms in total. The average Bonchev–Trinajstić information content (AvgIpc) is 3.15. The zero-order valence-corrected chi connectivity index (χ0v) is 34.1. The van der Waals surface area contributed by atoms with Crippen molar-refractivity contribution in [2.45, 2.75) is 173 Å². The Kier molecular flexibility index (Phi) is 11.2. The minimum atomic E-state index is -1.85. The molecule has 57 heavy (non-hydrogen) atoms. The van der Waals surface area contributed by atoms with Crippen molar-refractivity contribution >= 4 is 11.9 Å². The SMILES string of the molecule is CC1(C)CC[C@]2(C(=O)O)CC[C@]3(C)C(=CC[C@@H]4[C@@]5(C)CC[C@H](O[C@@H]6O[C@H](CO)[C@@H](O)[C@H](O)[C@H]6O[C@@H]6O[C@H](CO)[C@@H](O)[C@H](O)[C@H]6O)[C@@](C)(C(=O)O)[C@@H]5CC[C@]43C)[C@@H]2C1. The molecule has 7 rings (SSSR count). The first-order chi connectivity index (χ1) is 26.6. The van der Waals surface area contributed by atoms with Crippen molar-refractivity contribution in [3.05, 3.63) is 11.6 Å². The molecule has 0 radical (unpaired) electrons. The summed E-state index contributed by atoms with van der Waals surface area (Å²) < 4.78 is 23.9. The van der Waals surface area contributed by atoms with E-state index in [0.29, 0.717) is 32.1 Å². The fourth-order valence-electron chi connectivity index (χ4n) is 13.6.